The van der Waals surface area contributed by atoms with Gasteiger partial charge in [-0.25, -0.2) is 0 Å². The Kier molecular flexibility index (Phi) is 6.15. The van der Waals surface area contributed by atoms with E-state index >= 15 is 0 Å². The molecule has 0 unspecified atom stereocenters. The summed E-state index contributed by atoms with van der Waals surface area (Å²) in [5, 5.41) is 1.67. The van der Waals surface area contributed by atoms with Gasteiger partial charge in [-0.3, -0.25) is 9.78 Å². The Bertz CT molecular complexity index is 899. The second-order valence-corrected chi connectivity index (χ2v) is 7.05. The number of halogens is 3. The zero-order chi connectivity index (χ0) is 18.5. The fourth-order valence-corrected chi connectivity index (χ4v) is 3.14. The average molecular weight is 406 g/mol. The second-order valence-electron chi connectivity index (χ2n) is 5.77. The predicted molar refractivity (Wildman–Crippen MR) is 106 cm³/mol. The maximum absolute atomic E-state index is 13.0. The summed E-state index contributed by atoms with van der Waals surface area (Å²) >= 11 is 18.2. The maximum Gasteiger partial charge on any atom is 0.254 e. The summed E-state index contributed by atoms with van der Waals surface area (Å²) in [6.45, 7) is 0.764. The number of aromatic nitrogens is 1. The van der Waals surface area contributed by atoms with E-state index in [1.165, 1.54) is 0 Å². The lowest BCUT2D eigenvalue weighted by atomic mass is 10.1. The Morgan fingerprint density at radius 2 is 1.65 bits per heavy atom. The number of rotatable bonds is 5. The fraction of sp³-hybridized carbons (Fsp3) is 0.100. The van der Waals surface area contributed by atoms with Gasteiger partial charge in [-0.1, -0.05) is 46.9 Å². The Morgan fingerprint density at radius 3 is 2.31 bits per heavy atom. The number of hydrogen-bond donors (Lipinski definition) is 0. The molecule has 0 aliphatic heterocycles. The smallest absolute Gasteiger partial charge is 0.254 e. The van der Waals surface area contributed by atoms with Crippen LogP contribution in [0.2, 0.25) is 15.1 Å². The lowest BCUT2D eigenvalue weighted by Gasteiger charge is -2.23. The van der Waals surface area contributed by atoms with Gasteiger partial charge in [0.25, 0.3) is 5.91 Å². The lowest BCUT2D eigenvalue weighted by molar-refractivity contribution is 0.0730. The minimum atomic E-state index is -0.114. The van der Waals surface area contributed by atoms with Gasteiger partial charge < -0.3 is 4.90 Å². The van der Waals surface area contributed by atoms with E-state index in [2.05, 4.69) is 4.98 Å². The van der Waals surface area contributed by atoms with Gasteiger partial charge in [0, 0.05) is 46.1 Å². The molecule has 2 aromatic carbocycles. The average Bonchev–Trinajstić information content (AvgIpc) is 2.64. The van der Waals surface area contributed by atoms with Crippen molar-refractivity contribution < 1.29 is 4.79 Å². The quantitative estimate of drug-likeness (QED) is 0.530. The lowest BCUT2D eigenvalue weighted by Crippen LogP contribution is -2.30. The van der Waals surface area contributed by atoms with Crippen molar-refractivity contribution in [3.05, 3.63) is 98.7 Å². The van der Waals surface area contributed by atoms with Gasteiger partial charge in [-0.2, -0.15) is 0 Å². The summed E-state index contributed by atoms with van der Waals surface area (Å²) < 4.78 is 0. The highest BCUT2D eigenvalue weighted by Crippen LogP contribution is 2.24. The number of carbonyl (C=O) groups excluding carboxylic acids is 1. The summed E-state index contributed by atoms with van der Waals surface area (Å²) in [6, 6.07) is 15.9. The molecule has 1 heterocycles. The van der Waals surface area contributed by atoms with E-state index < -0.39 is 0 Å². The van der Waals surface area contributed by atoms with Crippen LogP contribution in [0.4, 0.5) is 0 Å². The van der Waals surface area contributed by atoms with Crippen LogP contribution in [0.1, 0.15) is 21.5 Å². The molecule has 0 saturated heterocycles. The highest BCUT2D eigenvalue weighted by atomic mass is 35.5. The SMILES string of the molecule is O=C(c1ccc(Cl)cc1)N(Cc1cccnc1)Cc1ccc(Cl)cc1Cl. The van der Waals surface area contributed by atoms with Crippen molar-refractivity contribution in [3.63, 3.8) is 0 Å². The molecule has 26 heavy (non-hydrogen) atoms. The molecule has 1 amide bonds. The number of nitrogens with zero attached hydrogens (tertiary/aromatic N) is 2. The number of pyridine rings is 1. The monoisotopic (exact) mass is 404 g/mol. The van der Waals surface area contributed by atoms with Crippen LogP contribution in [-0.4, -0.2) is 15.8 Å². The largest absolute Gasteiger partial charge is 0.330 e. The summed E-state index contributed by atoms with van der Waals surface area (Å²) in [4.78, 5) is 18.9. The minimum absolute atomic E-state index is 0.114. The maximum atomic E-state index is 13.0. The molecular weight excluding hydrogens is 391 g/mol. The van der Waals surface area contributed by atoms with Gasteiger partial charge in [0.15, 0.2) is 0 Å². The van der Waals surface area contributed by atoms with Crippen LogP contribution in [0.25, 0.3) is 0 Å². The van der Waals surface area contributed by atoms with Crippen LogP contribution in [0.15, 0.2) is 67.0 Å². The van der Waals surface area contributed by atoms with Crippen LogP contribution >= 0.6 is 34.8 Å². The molecule has 3 aromatic rings. The molecule has 0 radical (unpaired) electrons. The van der Waals surface area contributed by atoms with Crippen LogP contribution in [0, 0.1) is 0 Å². The van der Waals surface area contributed by atoms with Crippen molar-refractivity contribution >= 4 is 40.7 Å². The van der Waals surface area contributed by atoms with Gasteiger partial charge in [-0.05, 0) is 53.6 Å². The molecule has 0 aliphatic rings. The zero-order valence-corrected chi connectivity index (χ0v) is 16.0. The second kappa shape index (κ2) is 8.54. The van der Waals surface area contributed by atoms with Crippen molar-refractivity contribution in [2.45, 2.75) is 13.1 Å². The molecular formula is C20H15Cl3N2O. The Morgan fingerprint density at radius 1 is 0.923 bits per heavy atom. The molecule has 3 rings (SSSR count). The molecule has 0 N–H and O–H groups in total. The van der Waals surface area contributed by atoms with Crippen LogP contribution < -0.4 is 0 Å². The zero-order valence-electron chi connectivity index (χ0n) is 13.7. The summed E-state index contributed by atoms with van der Waals surface area (Å²) in [6.07, 6.45) is 3.44. The molecule has 0 aliphatic carbocycles. The molecule has 6 heteroatoms. The van der Waals surface area contributed by atoms with Crippen LogP contribution in [-0.2, 0) is 13.1 Å². The number of hydrogen-bond acceptors (Lipinski definition) is 2. The normalized spacial score (nSPS) is 10.6. The standard InChI is InChI=1S/C20H15Cl3N2O/c21-17-6-3-15(4-7-17)20(26)25(12-14-2-1-9-24-11-14)13-16-5-8-18(22)10-19(16)23/h1-11H,12-13H2. The van der Waals surface area contributed by atoms with Crippen LogP contribution in [0.5, 0.6) is 0 Å². The summed E-state index contributed by atoms with van der Waals surface area (Å²) in [7, 11) is 0. The first-order valence-electron chi connectivity index (χ1n) is 7.90. The third kappa shape index (κ3) is 4.76. The van der Waals surface area contributed by atoms with E-state index in [0.717, 1.165) is 11.1 Å². The number of amides is 1. The number of carbonyl (C=O) groups is 1. The minimum Gasteiger partial charge on any atom is -0.330 e. The molecule has 0 spiro atoms. The Labute approximate surface area is 167 Å². The van der Waals surface area contributed by atoms with Gasteiger partial charge in [-0.15, -0.1) is 0 Å². The molecule has 132 valence electrons. The summed E-state index contributed by atoms with van der Waals surface area (Å²) in [5.74, 6) is -0.114. The van der Waals surface area contributed by atoms with Crippen molar-refractivity contribution in [1.29, 1.82) is 0 Å². The Hall–Kier alpha value is -2.07. The van der Waals surface area contributed by atoms with E-state index in [1.807, 2.05) is 18.2 Å². The molecule has 3 nitrogen and oxygen atoms in total. The van der Waals surface area contributed by atoms with Crippen molar-refractivity contribution in [2.75, 3.05) is 0 Å². The first-order chi connectivity index (χ1) is 12.5. The highest BCUT2D eigenvalue weighted by Gasteiger charge is 2.18. The fourth-order valence-electron chi connectivity index (χ4n) is 2.54. The molecule has 0 atom stereocenters. The first kappa shape index (κ1) is 18.7. The molecule has 0 saturated carbocycles. The van der Waals surface area contributed by atoms with Gasteiger partial charge in [0.1, 0.15) is 0 Å². The van der Waals surface area contributed by atoms with Gasteiger partial charge in [0.2, 0.25) is 0 Å². The van der Waals surface area contributed by atoms with E-state index in [9.17, 15) is 4.79 Å². The van der Waals surface area contributed by atoms with Crippen molar-refractivity contribution in [1.82, 2.24) is 9.88 Å². The number of benzene rings is 2. The summed E-state index contributed by atoms with van der Waals surface area (Å²) in [5.41, 5.74) is 2.31. The van der Waals surface area contributed by atoms with E-state index in [-0.39, 0.29) is 5.91 Å². The predicted octanol–water partition coefficient (Wildman–Crippen LogP) is 5.88. The molecule has 0 bridgehead atoms. The van der Waals surface area contributed by atoms with Gasteiger partial charge >= 0.3 is 0 Å². The first-order valence-corrected chi connectivity index (χ1v) is 9.04. The van der Waals surface area contributed by atoms with Crippen molar-refractivity contribution in [2.24, 2.45) is 0 Å². The Balaban J connectivity index is 1.90. The third-order valence-corrected chi connectivity index (χ3v) is 4.69. The molecule has 0 fully saturated rings. The van der Waals surface area contributed by atoms with E-state index in [1.54, 1.807) is 53.7 Å². The van der Waals surface area contributed by atoms with Crippen LogP contribution in [0.3, 0.4) is 0 Å². The van der Waals surface area contributed by atoms with Crippen molar-refractivity contribution in [3.8, 4) is 0 Å². The highest BCUT2D eigenvalue weighted by molar-refractivity contribution is 6.35. The topological polar surface area (TPSA) is 33.2 Å². The third-order valence-electron chi connectivity index (χ3n) is 3.85. The van der Waals surface area contributed by atoms with Gasteiger partial charge in [0.05, 0.1) is 0 Å². The molecule has 1 aromatic heterocycles. The van der Waals surface area contributed by atoms with E-state index in [4.69, 9.17) is 34.8 Å². The van der Waals surface area contributed by atoms with E-state index in [0.29, 0.717) is 33.7 Å².